The van der Waals surface area contributed by atoms with Crippen LogP contribution in [0.3, 0.4) is 0 Å². The second kappa shape index (κ2) is 10.5. The lowest BCUT2D eigenvalue weighted by Gasteiger charge is -2.30. The smallest absolute Gasteiger partial charge is 0.407 e. The molecule has 2 N–H and O–H groups in total. The van der Waals surface area contributed by atoms with E-state index >= 15 is 0 Å². The standard InChI is InChI=1S/C25H34FN5O3/c1-25(2,3)34-24(32)29-19-9-7-18(8-10-19)28-23-27-16-21(26)22(30-23)17-5-4-6-20(15-17)31-11-13-33-14-12-31/h4-6,15-16,18-19H,7-14H2,1-3H3,(H,29,32)(H,27,28,30)/t18-,19-. The first-order chi connectivity index (χ1) is 16.3. The molecule has 1 saturated carbocycles. The van der Waals surface area contributed by atoms with Crippen molar-refractivity contribution in [3.63, 3.8) is 0 Å². The quantitative estimate of drug-likeness (QED) is 0.670. The zero-order valence-corrected chi connectivity index (χ0v) is 20.1. The van der Waals surface area contributed by atoms with Crippen molar-refractivity contribution in [2.24, 2.45) is 0 Å². The average Bonchev–Trinajstić information content (AvgIpc) is 2.81. The normalized spacial score (nSPS) is 21.1. The fourth-order valence-corrected chi connectivity index (χ4v) is 4.35. The number of aromatic nitrogens is 2. The van der Waals surface area contributed by atoms with E-state index in [2.05, 4.69) is 25.5 Å². The van der Waals surface area contributed by atoms with Gasteiger partial charge in [0.2, 0.25) is 5.95 Å². The molecule has 0 bridgehead atoms. The van der Waals surface area contributed by atoms with Gasteiger partial charge in [0.1, 0.15) is 11.3 Å². The summed E-state index contributed by atoms with van der Waals surface area (Å²) in [6.45, 7) is 8.56. The number of anilines is 2. The van der Waals surface area contributed by atoms with Crippen LogP contribution >= 0.6 is 0 Å². The number of carbonyl (C=O) groups is 1. The first kappa shape index (κ1) is 24.2. The highest BCUT2D eigenvalue weighted by atomic mass is 19.1. The summed E-state index contributed by atoms with van der Waals surface area (Å²) in [5.74, 6) is -0.0355. The molecule has 4 rings (SSSR count). The Morgan fingerprint density at radius 3 is 2.56 bits per heavy atom. The summed E-state index contributed by atoms with van der Waals surface area (Å²) in [7, 11) is 0. The minimum Gasteiger partial charge on any atom is -0.444 e. The molecule has 1 saturated heterocycles. The minimum atomic E-state index is -0.512. The van der Waals surface area contributed by atoms with Crippen LogP contribution in [0.5, 0.6) is 0 Å². The van der Waals surface area contributed by atoms with Crippen LogP contribution in [0.25, 0.3) is 11.3 Å². The number of ether oxygens (including phenoxy) is 2. The largest absolute Gasteiger partial charge is 0.444 e. The molecular formula is C25H34FN5O3. The lowest BCUT2D eigenvalue weighted by molar-refractivity contribution is 0.0492. The van der Waals surface area contributed by atoms with E-state index in [9.17, 15) is 9.18 Å². The van der Waals surface area contributed by atoms with Crippen molar-refractivity contribution in [2.45, 2.75) is 64.1 Å². The fourth-order valence-electron chi connectivity index (χ4n) is 4.35. The first-order valence-electron chi connectivity index (χ1n) is 12.0. The van der Waals surface area contributed by atoms with Crippen LogP contribution < -0.4 is 15.5 Å². The summed E-state index contributed by atoms with van der Waals surface area (Å²) in [5, 5.41) is 6.30. The molecule has 2 heterocycles. The third kappa shape index (κ3) is 6.56. The number of hydrogen-bond donors (Lipinski definition) is 2. The maximum atomic E-state index is 14.7. The van der Waals surface area contributed by atoms with Crippen molar-refractivity contribution < 1.29 is 18.7 Å². The maximum absolute atomic E-state index is 14.7. The lowest BCUT2D eigenvalue weighted by Crippen LogP contribution is -2.42. The van der Waals surface area contributed by atoms with Gasteiger partial charge in [0.15, 0.2) is 5.82 Å². The molecule has 2 aliphatic rings. The van der Waals surface area contributed by atoms with Gasteiger partial charge in [-0.1, -0.05) is 12.1 Å². The summed E-state index contributed by atoms with van der Waals surface area (Å²) in [6.07, 6.45) is 4.20. The number of alkyl carbamates (subject to hydrolysis) is 1. The summed E-state index contributed by atoms with van der Waals surface area (Å²) in [4.78, 5) is 22.9. The summed E-state index contributed by atoms with van der Waals surface area (Å²) >= 11 is 0. The molecular weight excluding hydrogens is 437 g/mol. The highest BCUT2D eigenvalue weighted by Crippen LogP contribution is 2.27. The number of carbonyl (C=O) groups excluding carboxylic acids is 1. The Morgan fingerprint density at radius 2 is 1.85 bits per heavy atom. The van der Waals surface area contributed by atoms with E-state index in [1.54, 1.807) is 0 Å². The molecule has 2 fully saturated rings. The van der Waals surface area contributed by atoms with Gasteiger partial charge in [-0.05, 0) is 58.6 Å². The molecule has 34 heavy (non-hydrogen) atoms. The summed E-state index contributed by atoms with van der Waals surface area (Å²) in [5.41, 5.74) is 1.52. The Labute approximate surface area is 200 Å². The molecule has 0 atom stereocenters. The molecule has 8 nitrogen and oxygen atoms in total. The highest BCUT2D eigenvalue weighted by Gasteiger charge is 2.25. The molecule has 184 valence electrons. The van der Waals surface area contributed by atoms with Crippen LogP contribution in [-0.2, 0) is 9.47 Å². The van der Waals surface area contributed by atoms with Crippen LogP contribution in [0.2, 0.25) is 0 Å². The average molecular weight is 472 g/mol. The van der Waals surface area contributed by atoms with E-state index in [-0.39, 0.29) is 23.9 Å². The van der Waals surface area contributed by atoms with Gasteiger partial charge in [-0.2, -0.15) is 0 Å². The number of rotatable bonds is 5. The molecule has 1 aromatic heterocycles. The first-order valence-corrected chi connectivity index (χ1v) is 12.0. The van der Waals surface area contributed by atoms with Crippen molar-refractivity contribution in [1.29, 1.82) is 0 Å². The summed E-state index contributed by atoms with van der Waals surface area (Å²) < 4.78 is 25.4. The van der Waals surface area contributed by atoms with Crippen molar-refractivity contribution in [3.8, 4) is 11.3 Å². The van der Waals surface area contributed by atoms with Crippen molar-refractivity contribution >= 4 is 17.7 Å². The highest BCUT2D eigenvalue weighted by molar-refractivity contribution is 5.68. The van der Waals surface area contributed by atoms with E-state index in [1.807, 2.05) is 45.0 Å². The third-order valence-electron chi connectivity index (χ3n) is 6.02. The fraction of sp³-hybridized carbons (Fsp3) is 0.560. The number of benzene rings is 1. The van der Waals surface area contributed by atoms with Crippen LogP contribution in [0.4, 0.5) is 20.8 Å². The lowest BCUT2D eigenvalue weighted by atomic mass is 9.91. The second-order valence-electron chi connectivity index (χ2n) is 9.88. The molecule has 1 aliphatic heterocycles. The zero-order valence-electron chi connectivity index (χ0n) is 20.1. The molecule has 2 aromatic rings. The Hall–Kier alpha value is -2.94. The number of nitrogens with zero attached hydrogens (tertiary/aromatic N) is 3. The van der Waals surface area contributed by atoms with E-state index in [4.69, 9.17) is 9.47 Å². The van der Waals surface area contributed by atoms with Gasteiger partial charge in [-0.3, -0.25) is 0 Å². The minimum absolute atomic E-state index is 0.0838. The predicted octanol–water partition coefficient (Wildman–Crippen LogP) is 4.37. The topological polar surface area (TPSA) is 88.6 Å². The Morgan fingerprint density at radius 1 is 1.15 bits per heavy atom. The molecule has 1 aromatic carbocycles. The number of nitrogens with one attached hydrogen (secondary N) is 2. The van der Waals surface area contributed by atoms with Crippen LogP contribution in [-0.4, -0.2) is 60.0 Å². The third-order valence-corrected chi connectivity index (χ3v) is 6.02. The maximum Gasteiger partial charge on any atom is 0.407 e. The molecule has 0 unspecified atom stereocenters. The Bertz CT molecular complexity index is 983. The van der Waals surface area contributed by atoms with Crippen molar-refractivity contribution in [1.82, 2.24) is 15.3 Å². The molecule has 1 amide bonds. The van der Waals surface area contributed by atoms with Gasteiger partial charge in [-0.25, -0.2) is 19.2 Å². The van der Waals surface area contributed by atoms with E-state index in [1.165, 1.54) is 6.20 Å². The van der Waals surface area contributed by atoms with Crippen LogP contribution in [0, 0.1) is 5.82 Å². The van der Waals surface area contributed by atoms with Gasteiger partial charge in [-0.15, -0.1) is 0 Å². The van der Waals surface area contributed by atoms with Gasteiger partial charge >= 0.3 is 6.09 Å². The molecule has 9 heteroatoms. The zero-order chi connectivity index (χ0) is 24.1. The van der Waals surface area contributed by atoms with E-state index in [0.717, 1.165) is 50.0 Å². The molecule has 1 aliphatic carbocycles. The number of halogens is 1. The monoisotopic (exact) mass is 471 g/mol. The van der Waals surface area contributed by atoms with Crippen molar-refractivity contribution in [3.05, 3.63) is 36.3 Å². The van der Waals surface area contributed by atoms with Crippen LogP contribution in [0.15, 0.2) is 30.5 Å². The van der Waals surface area contributed by atoms with Crippen LogP contribution in [0.1, 0.15) is 46.5 Å². The Kier molecular flexibility index (Phi) is 7.50. The van der Waals surface area contributed by atoms with Gasteiger partial charge in [0.05, 0.1) is 19.4 Å². The molecule has 0 radical (unpaired) electrons. The van der Waals surface area contributed by atoms with Gasteiger partial charge < -0.3 is 25.0 Å². The SMILES string of the molecule is CC(C)(C)OC(=O)N[C@H]1CC[C@H](Nc2ncc(F)c(-c3cccc(N4CCOCC4)c3)n2)CC1. The van der Waals surface area contributed by atoms with Gasteiger partial charge in [0.25, 0.3) is 0 Å². The number of hydrogen-bond acceptors (Lipinski definition) is 7. The van der Waals surface area contributed by atoms with E-state index in [0.29, 0.717) is 19.2 Å². The predicted molar refractivity (Wildman–Crippen MR) is 129 cm³/mol. The number of amides is 1. The number of morpholine rings is 1. The van der Waals surface area contributed by atoms with E-state index < -0.39 is 11.4 Å². The Balaban J connectivity index is 1.37. The molecule has 0 spiro atoms. The second-order valence-corrected chi connectivity index (χ2v) is 9.88. The summed E-state index contributed by atoms with van der Waals surface area (Å²) in [6, 6.07) is 8.03. The van der Waals surface area contributed by atoms with Crippen molar-refractivity contribution in [2.75, 3.05) is 36.5 Å². The van der Waals surface area contributed by atoms with Gasteiger partial charge in [0, 0.05) is 36.4 Å².